The molecule has 5 nitrogen and oxygen atoms in total. The van der Waals surface area contributed by atoms with Gasteiger partial charge in [-0.05, 0) is 54.4 Å². The van der Waals surface area contributed by atoms with Crippen LogP contribution in [0.3, 0.4) is 0 Å². The Kier molecular flexibility index (Phi) is 3.74. The highest BCUT2D eigenvalue weighted by Gasteiger charge is 2.08. The number of hydrogen-bond acceptors (Lipinski definition) is 4. The fourth-order valence-corrected chi connectivity index (χ4v) is 2.80. The van der Waals surface area contributed by atoms with E-state index >= 15 is 0 Å². The number of rotatable bonds is 3. The summed E-state index contributed by atoms with van der Waals surface area (Å²) in [6, 6.07) is 17.8. The number of nitrogens with two attached hydrogens (primary N) is 1. The van der Waals surface area contributed by atoms with Crippen molar-refractivity contribution in [2.45, 2.75) is 6.92 Å². The second-order valence-corrected chi connectivity index (χ2v) is 5.69. The third kappa shape index (κ3) is 2.87. The molecule has 0 bridgehead atoms. The summed E-state index contributed by atoms with van der Waals surface area (Å²) in [5.74, 6) is 0.764. The van der Waals surface area contributed by atoms with Crippen LogP contribution in [-0.2, 0) is 0 Å². The number of anilines is 1. The fraction of sp³-hybridized carbons (Fsp3) is 0.0500. The van der Waals surface area contributed by atoms with E-state index < -0.39 is 0 Å². The molecule has 2 heterocycles. The maximum absolute atomic E-state index is 6.09. The molecule has 0 amide bonds. The molecule has 4 rings (SSSR count). The quantitative estimate of drug-likeness (QED) is 0.426. The van der Waals surface area contributed by atoms with Crippen LogP contribution in [0.15, 0.2) is 65.8 Å². The smallest absolute Gasteiger partial charge is 0.157 e. The van der Waals surface area contributed by atoms with Gasteiger partial charge in [0, 0.05) is 12.4 Å². The number of pyridine rings is 1. The molecule has 2 aromatic carbocycles. The summed E-state index contributed by atoms with van der Waals surface area (Å²) < 4.78 is 0. The lowest BCUT2D eigenvalue weighted by Gasteiger charge is -2.05. The predicted molar refractivity (Wildman–Crippen MR) is 103 cm³/mol. The van der Waals surface area contributed by atoms with E-state index in [0.29, 0.717) is 5.69 Å². The molecule has 25 heavy (non-hydrogen) atoms. The Morgan fingerprint density at radius 2 is 1.88 bits per heavy atom. The standard InChI is InChI=1S/C20H17N5/c1-2-22-16-8-6-13(11-15(16)21)14-7-9-17-19(12-14)25-20(24-17)18-5-3-4-10-23-18/h2-12H,21H2,1H3,(H,24,25)/b22-2+. The number of imidazole rings is 1. The molecular formula is C20H17N5. The van der Waals surface area contributed by atoms with Gasteiger partial charge in [0.1, 0.15) is 5.69 Å². The Bertz CT molecular complexity index is 1060. The first-order valence-corrected chi connectivity index (χ1v) is 8.04. The number of aromatic amines is 1. The van der Waals surface area contributed by atoms with Gasteiger partial charge in [-0.25, -0.2) is 4.98 Å². The highest BCUT2D eigenvalue weighted by Crippen LogP contribution is 2.30. The molecule has 0 atom stereocenters. The van der Waals surface area contributed by atoms with Crippen molar-refractivity contribution in [2.24, 2.45) is 4.99 Å². The second kappa shape index (κ2) is 6.20. The Hall–Kier alpha value is -3.47. The maximum Gasteiger partial charge on any atom is 0.157 e. The average molecular weight is 327 g/mol. The van der Waals surface area contributed by atoms with Crippen LogP contribution >= 0.6 is 0 Å². The van der Waals surface area contributed by atoms with Gasteiger partial charge in [0.15, 0.2) is 5.82 Å². The molecule has 4 aromatic rings. The van der Waals surface area contributed by atoms with E-state index in [2.05, 4.69) is 32.1 Å². The van der Waals surface area contributed by atoms with Crippen molar-refractivity contribution in [2.75, 3.05) is 5.73 Å². The van der Waals surface area contributed by atoms with Crippen LogP contribution in [0.1, 0.15) is 6.92 Å². The molecule has 0 fully saturated rings. The van der Waals surface area contributed by atoms with Crippen molar-refractivity contribution < 1.29 is 0 Å². The monoisotopic (exact) mass is 327 g/mol. The van der Waals surface area contributed by atoms with Crippen molar-refractivity contribution in [1.82, 2.24) is 15.0 Å². The number of hydrogen-bond donors (Lipinski definition) is 2. The van der Waals surface area contributed by atoms with Crippen molar-refractivity contribution >= 4 is 28.6 Å². The lowest BCUT2D eigenvalue weighted by Crippen LogP contribution is -1.87. The van der Waals surface area contributed by atoms with E-state index in [1.807, 2.05) is 49.4 Å². The van der Waals surface area contributed by atoms with Gasteiger partial charge in [-0.1, -0.05) is 18.2 Å². The number of aliphatic imine (C=N–C) groups is 1. The van der Waals surface area contributed by atoms with E-state index in [4.69, 9.17) is 5.73 Å². The Labute approximate surface area is 145 Å². The minimum Gasteiger partial charge on any atom is -0.397 e. The van der Waals surface area contributed by atoms with E-state index in [-0.39, 0.29) is 0 Å². The van der Waals surface area contributed by atoms with Crippen LogP contribution in [0.2, 0.25) is 0 Å². The number of nitrogen functional groups attached to an aromatic ring is 1. The largest absolute Gasteiger partial charge is 0.397 e. The molecule has 5 heteroatoms. The molecule has 2 aromatic heterocycles. The predicted octanol–water partition coefficient (Wildman–Crippen LogP) is 4.60. The van der Waals surface area contributed by atoms with Gasteiger partial charge in [0.05, 0.1) is 22.4 Å². The summed E-state index contributed by atoms with van der Waals surface area (Å²) in [6.45, 7) is 1.87. The molecule has 0 saturated carbocycles. The molecule has 0 radical (unpaired) electrons. The summed E-state index contributed by atoms with van der Waals surface area (Å²) in [7, 11) is 0. The van der Waals surface area contributed by atoms with Crippen LogP contribution < -0.4 is 5.73 Å². The maximum atomic E-state index is 6.09. The number of H-pyrrole nitrogens is 1. The fourth-order valence-electron chi connectivity index (χ4n) is 2.80. The van der Waals surface area contributed by atoms with Gasteiger partial charge >= 0.3 is 0 Å². The third-order valence-corrected chi connectivity index (χ3v) is 4.02. The highest BCUT2D eigenvalue weighted by molar-refractivity contribution is 5.85. The van der Waals surface area contributed by atoms with Gasteiger partial charge in [0.25, 0.3) is 0 Å². The lowest BCUT2D eigenvalue weighted by atomic mass is 10.0. The van der Waals surface area contributed by atoms with E-state index in [0.717, 1.165) is 39.4 Å². The van der Waals surface area contributed by atoms with Crippen LogP contribution in [0.4, 0.5) is 11.4 Å². The van der Waals surface area contributed by atoms with Gasteiger partial charge in [-0.3, -0.25) is 9.98 Å². The molecule has 122 valence electrons. The first kappa shape index (κ1) is 15.1. The molecular weight excluding hydrogens is 310 g/mol. The number of nitrogens with zero attached hydrogens (tertiary/aromatic N) is 3. The van der Waals surface area contributed by atoms with Crippen molar-refractivity contribution in [3.05, 3.63) is 60.8 Å². The van der Waals surface area contributed by atoms with E-state index in [1.165, 1.54) is 0 Å². The zero-order valence-corrected chi connectivity index (χ0v) is 13.8. The highest BCUT2D eigenvalue weighted by atomic mass is 14.9. The molecule has 0 spiro atoms. The normalized spacial score (nSPS) is 11.4. The van der Waals surface area contributed by atoms with Gasteiger partial charge in [0.2, 0.25) is 0 Å². The molecule has 0 unspecified atom stereocenters. The number of aromatic nitrogens is 3. The summed E-state index contributed by atoms with van der Waals surface area (Å²) in [6.07, 6.45) is 3.50. The van der Waals surface area contributed by atoms with Crippen molar-refractivity contribution in [3.8, 4) is 22.6 Å². The van der Waals surface area contributed by atoms with Crippen molar-refractivity contribution in [3.63, 3.8) is 0 Å². The molecule has 0 saturated heterocycles. The van der Waals surface area contributed by atoms with Crippen LogP contribution in [0.25, 0.3) is 33.7 Å². The van der Waals surface area contributed by atoms with Crippen LogP contribution in [-0.4, -0.2) is 21.2 Å². The molecule has 0 aliphatic rings. The summed E-state index contributed by atoms with van der Waals surface area (Å²) in [5, 5.41) is 0. The number of nitrogens with one attached hydrogen (secondary N) is 1. The SMILES string of the molecule is C/C=N/c1ccc(-c2ccc3[nH]c(-c4ccccn4)nc3c2)cc1N. The summed E-state index contributed by atoms with van der Waals surface area (Å²) >= 11 is 0. The number of fused-ring (bicyclic) bond motifs is 1. The van der Waals surface area contributed by atoms with E-state index in [1.54, 1.807) is 12.4 Å². The Balaban J connectivity index is 1.75. The van der Waals surface area contributed by atoms with Gasteiger partial charge < -0.3 is 10.7 Å². The van der Waals surface area contributed by atoms with E-state index in [9.17, 15) is 0 Å². The molecule has 0 aliphatic heterocycles. The minimum atomic E-state index is 0.659. The minimum absolute atomic E-state index is 0.659. The third-order valence-electron chi connectivity index (χ3n) is 4.02. The van der Waals surface area contributed by atoms with Crippen molar-refractivity contribution in [1.29, 1.82) is 0 Å². The Morgan fingerprint density at radius 3 is 2.64 bits per heavy atom. The van der Waals surface area contributed by atoms with Crippen LogP contribution in [0.5, 0.6) is 0 Å². The van der Waals surface area contributed by atoms with Gasteiger partial charge in [-0.15, -0.1) is 0 Å². The first-order valence-electron chi connectivity index (χ1n) is 8.04. The summed E-state index contributed by atoms with van der Waals surface area (Å²) in [4.78, 5) is 16.6. The second-order valence-electron chi connectivity index (χ2n) is 5.69. The first-order chi connectivity index (χ1) is 12.2. The Morgan fingerprint density at radius 1 is 1.04 bits per heavy atom. The average Bonchev–Trinajstić information content (AvgIpc) is 3.07. The molecule has 3 N–H and O–H groups in total. The molecule has 0 aliphatic carbocycles. The zero-order valence-electron chi connectivity index (χ0n) is 13.8. The zero-order chi connectivity index (χ0) is 17.2. The number of benzene rings is 2. The topological polar surface area (TPSA) is 80.0 Å². The lowest BCUT2D eigenvalue weighted by molar-refractivity contribution is 1.24. The van der Waals surface area contributed by atoms with Crippen LogP contribution in [0, 0.1) is 0 Å². The summed E-state index contributed by atoms with van der Waals surface area (Å²) in [5.41, 5.74) is 12.3. The van der Waals surface area contributed by atoms with Gasteiger partial charge in [-0.2, -0.15) is 0 Å².